The van der Waals surface area contributed by atoms with Crippen LogP contribution in [-0.4, -0.2) is 86.2 Å². The van der Waals surface area contributed by atoms with E-state index in [1.165, 1.54) is 0 Å². The van der Waals surface area contributed by atoms with Crippen molar-refractivity contribution in [1.29, 1.82) is 0 Å². The summed E-state index contributed by atoms with van der Waals surface area (Å²) in [6, 6.07) is -0.158. The van der Waals surface area contributed by atoms with Gasteiger partial charge < -0.3 is 26.2 Å². The molecule has 5 N–H and O–H groups in total. The van der Waals surface area contributed by atoms with Crippen LogP contribution >= 0.6 is 0 Å². The monoisotopic (exact) mass is 274 g/mol. The summed E-state index contributed by atoms with van der Waals surface area (Å²) >= 11 is 0. The molecular formula is C13H30N4O2. The minimum absolute atomic E-state index is 0.0105. The number of hydrogen-bond donors (Lipinski definition) is 5. The van der Waals surface area contributed by atoms with Crippen molar-refractivity contribution in [2.45, 2.75) is 25.5 Å². The van der Waals surface area contributed by atoms with Crippen LogP contribution in [0.1, 0.15) is 13.3 Å². The van der Waals surface area contributed by atoms with E-state index in [4.69, 9.17) is 0 Å². The Labute approximate surface area is 116 Å². The third-order valence-electron chi connectivity index (χ3n) is 3.63. The molecule has 0 spiro atoms. The Hall–Kier alpha value is -0.240. The summed E-state index contributed by atoms with van der Waals surface area (Å²) in [7, 11) is 0. The van der Waals surface area contributed by atoms with Crippen molar-refractivity contribution in [2.24, 2.45) is 0 Å². The molecule has 1 saturated heterocycles. The van der Waals surface area contributed by atoms with Gasteiger partial charge in [-0.05, 0) is 6.42 Å². The van der Waals surface area contributed by atoms with Crippen molar-refractivity contribution in [1.82, 2.24) is 20.9 Å². The number of aliphatic hydroxyl groups excluding tert-OH is 2. The topological polar surface area (TPSA) is 79.8 Å². The van der Waals surface area contributed by atoms with Gasteiger partial charge >= 0.3 is 0 Å². The highest BCUT2D eigenvalue weighted by atomic mass is 16.3. The third kappa shape index (κ3) is 6.65. The Kier molecular flexibility index (Phi) is 9.32. The molecule has 2 atom stereocenters. The minimum atomic E-state index is -0.459. The molecule has 19 heavy (non-hydrogen) atoms. The van der Waals surface area contributed by atoms with Crippen LogP contribution in [0.15, 0.2) is 0 Å². The van der Waals surface area contributed by atoms with Crippen LogP contribution < -0.4 is 16.0 Å². The molecule has 1 fully saturated rings. The summed E-state index contributed by atoms with van der Waals surface area (Å²) in [5, 5.41) is 29.6. The highest BCUT2D eigenvalue weighted by molar-refractivity contribution is 4.79. The maximum atomic E-state index is 10.0. The lowest BCUT2D eigenvalue weighted by Gasteiger charge is -2.33. The summed E-state index contributed by atoms with van der Waals surface area (Å²) < 4.78 is 0. The van der Waals surface area contributed by atoms with Crippen LogP contribution in [0.25, 0.3) is 0 Å². The fraction of sp³-hybridized carbons (Fsp3) is 1.00. The third-order valence-corrected chi connectivity index (χ3v) is 3.63. The quantitative estimate of drug-likeness (QED) is 0.416. The predicted molar refractivity (Wildman–Crippen MR) is 77.4 cm³/mol. The number of nitrogens with one attached hydrogen (secondary N) is 3. The van der Waals surface area contributed by atoms with Crippen molar-refractivity contribution in [3.63, 3.8) is 0 Å². The highest BCUT2D eigenvalue weighted by Gasteiger charge is 2.23. The van der Waals surface area contributed by atoms with E-state index in [2.05, 4.69) is 20.9 Å². The second-order valence-corrected chi connectivity index (χ2v) is 5.01. The zero-order valence-corrected chi connectivity index (χ0v) is 12.1. The molecule has 0 bridgehead atoms. The Morgan fingerprint density at radius 2 is 1.42 bits per heavy atom. The molecule has 0 saturated carbocycles. The summed E-state index contributed by atoms with van der Waals surface area (Å²) in [4.78, 5) is 2.18. The molecule has 0 aromatic heterocycles. The molecule has 2 unspecified atom stereocenters. The molecule has 0 aromatic rings. The van der Waals surface area contributed by atoms with Gasteiger partial charge in [0.1, 0.15) is 0 Å². The van der Waals surface area contributed by atoms with Gasteiger partial charge in [-0.25, -0.2) is 0 Å². The van der Waals surface area contributed by atoms with E-state index in [-0.39, 0.29) is 12.6 Å². The largest absolute Gasteiger partial charge is 0.395 e. The zero-order valence-electron chi connectivity index (χ0n) is 12.1. The predicted octanol–water partition coefficient (Wildman–Crippen LogP) is -1.80. The number of rotatable bonds is 4. The first kappa shape index (κ1) is 16.8. The molecular weight excluding hydrogens is 244 g/mol. The van der Waals surface area contributed by atoms with E-state index < -0.39 is 6.10 Å². The van der Waals surface area contributed by atoms with Crippen LogP contribution in [0.3, 0.4) is 0 Å². The van der Waals surface area contributed by atoms with Crippen LogP contribution in [0.5, 0.6) is 0 Å². The first-order chi connectivity index (χ1) is 9.29. The Morgan fingerprint density at radius 1 is 0.947 bits per heavy atom. The van der Waals surface area contributed by atoms with Gasteiger partial charge in [-0.2, -0.15) is 0 Å². The summed E-state index contributed by atoms with van der Waals surface area (Å²) in [6.07, 6.45) is 0.214. The Balaban J connectivity index is 2.48. The second-order valence-electron chi connectivity index (χ2n) is 5.01. The fourth-order valence-corrected chi connectivity index (χ4v) is 2.37. The van der Waals surface area contributed by atoms with Crippen LogP contribution in [0, 0.1) is 0 Å². The summed E-state index contributed by atoms with van der Waals surface area (Å²) in [5.74, 6) is 0. The van der Waals surface area contributed by atoms with Crippen molar-refractivity contribution in [3.8, 4) is 0 Å². The maximum absolute atomic E-state index is 10.0. The van der Waals surface area contributed by atoms with E-state index in [1.54, 1.807) is 0 Å². The maximum Gasteiger partial charge on any atom is 0.0715 e. The molecule has 1 rings (SSSR count). The fourth-order valence-electron chi connectivity index (χ4n) is 2.37. The zero-order chi connectivity index (χ0) is 13.9. The van der Waals surface area contributed by atoms with Crippen molar-refractivity contribution in [3.05, 3.63) is 0 Å². The molecule has 114 valence electrons. The normalized spacial score (nSPS) is 24.2. The molecule has 0 aromatic carbocycles. The van der Waals surface area contributed by atoms with Gasteiger partial charge in [0.05, 0.1) is 18.8 Å². The van der Waals surface area contributed by atoms with Crippen LogP contribution in [0.4, 0.5) is 0 Å². The Morgan fingerprint density at radius 3 is 1.84 bits per heavy atom. The van der Waals surface area contributed by atoms with E-state index in [9.17, 15) is 10.2 Å². The van der Waals surface area contributed by atoms with E-state index >= 15 is 0 Å². The Bertz CT molecular complexity index is 207. The highest BCUT2D eigenvalue weighted by Crippen LogP contribution is 2.07. The second kappa shape index (κ2) is 10.5. The first-order valence-electron chi connectivity index (χ1n) is 7.44. The standard InChI is InChI=1S/C13H30N4O2/c1-2-13(19)12(11-18)17-9-7-15-5-3-14-4-6-16-8-10-17/h12-16,18-19H,2-11H2,1H3. The molecule has 0 amide bonds. The van der Waals surface area contributed by atoms with Gasteiger partial charge in [0.25, 0.3) is 0 Å². The van der Waals surface area contributed by atoms with Gasteiger partial charge in [0.15, 0.2) is 0 Å². The van der Waals surface area contributed by atoms with E-state index in [1.807, 2.05) is 6.92 Å². The van der Waals surface area contributed by atoms with E-state index in [0.717, 1.165) is 52.4 Å². The molecule has 0 radical (unpaired) electrons. The van der Waals surface area contributed by atoms with Gasteiger partial charge in [0.2, 0.25) is 0 Å². The summed E-state index contributed by atoms with van der Waals surface area (Å²) in [6.45, 7) is 9.28. The molecule has 6 heteroatoms. The molecule has 1 aliphatic rings. The summed E-state index contributed by atoms with van der Waals surface area (Å²) in [5.41, 5.74) is 0. The van der Waals surface area contributed by atoms with Crippen molar-refractivity contribution < 1.29 is 10.2 Å². The van der Waals surface area contributed by atoms with Gasteiger partial charge in [-0.1, -0.05) is 6.92 Å². The molecule has 6 nitrogen and oxygen atoms in total. The molecule has 1 heterocycles. The minimum Gasteiger partial charge on any atom is -0.395 e. The van der Waals surface area contributed by atoms with Crippen LogP contribution in [-0.2, 0) is 0 Å². The van der Waals surface area contributed by atoms with E-state index in [0.29, 0.717) is 6.42 Å². The number of hydrogen-bond acceptors (Lipinski definition) is 6. The van der Waals surface area contributed by atoms with Gasteiger partial charge in [-0.15, -0.1) is 0 Å². The lowest BCUT2D eigenvalue weighted by molar-refractivity contribution is 0.0148. The van der Waals surface area contributed by atoms with Crippen molar-refractivity contribution >= 4 is 0 Å². The number of aliphatic hydroxyl groups is 2. The lowest BCUT2D eigenvalue weighted by atomic mass is 10.1. The average molecular weight is 274 g/mol. The van der Waals surface area contributed by atoms with Crippen molar-refractivity contribution in [2.75, 3.05) is 59.0 Å². The van der Waals surface area contributed by atoms with Crippen LogP contribution in [0.2, 0.25) is 0 Å². The smallest absolute Gasteiger partial charge is 0.0715 e. The first-order valence-corrected chi connectivity index (χ1v) is 7.44. The molecule has 0 aliphatic carbocycles. The number of nitrogens with zero attached hydrogens (tertiary/aromatic N) is 1. The average Bonchev–Trinajstić information content (AvgIpc) is 2.41. The lowest BCUT2D eigenvalue weighted by Crippen LogP contribution is -2.51. The van der Waals surface area contributed by atoms with Gasteiger partial charge in [-0.3, -0.25) is 4.90 Å². The van der Waals surface area contributed by atoms with Gasteiger partial charge in [0, 0.05) is 52.4 Å². The molecule has 1 aliphatic heterocycles. The SMILES string of the molecule is CCC(O)C(CO)N1CCNCCNCCNCC1.